The first-order valence-corrected chi connectivity index (χ1v) is 7.50. The van der Waals surface area contributed by atoms with Crippen molar-refractivity contribution in [3.63, 3.8) is 0 Å². The third-order valence-electron chi connectivity index (χ3n) is 4.52. The number of rotatable bonds is 5. The number of hydrogen-bond acceptors (Lipinski definition) is 3. The normalized spacial score (nSPS) is 25.0. The fourth-order valence-electron chi connectivity index (χ4n) is 3.01. The lowest BCUT2D eigenvalue weighted by atomic mass is 9.87. The maximum atomic E-state index is 12.6. The fourth-order valence-corrected chi connectivity index (χ4v) is 3.01. The second kappa shape index (κ2) is 7.18. The van der Waals surface area contributed by atoms with E-state index in [1.165, 1.54) is 0 Å². The highest BCUT2D eigenvalue weighted by Gasteiger charge is 2.29. The number of alkyl halides is 2. The monoisotopic (exact) mass is 298 g/mol. The minimum Gasteiger partial charge on any atom is -0.434 e. The van der Waals surface area contributed by atoms with Crippen LogP contribution in [0.1, 0.15) is 31.9 Å². The van der Waals surface area contributed by atoms with Crippen LogP contribution in [-0.4, -0.2) is 31.1 Å². The molecule has 0 aliphatic carbocycles. The second-order valence-electron chi connectivity index (χ2n) is 5.91. The second-order valence-corrected chi connectivity index (χ2v) is 5.91. The Hall–Kier alpha value is -1.20. The molecule has 1 aliphatic heterocycles. The zero-order chi connectivity index (χ0) is 15.4. The Bertz CT molecular complexity index is 456. The Morgan fingerprint density at radius 3 is 2.62 bits per heavy atom. The van der Waals surface area contributed by atoms with E-state index in [-0.39, 0.29) is 11.8 Å². The smallest absolute Gasteiger partial charge is 0.387 e. The van der Waals surface area contributed by atoms with Crippen LogP contribution in [-0.2, 0) is 0 Å². The van der Waals surface area contributed by atoms with Crippen molar-refractivity contribution in [3.8, 4) is 5.75 Å². The van der Waals surface area contributed by atoms with Crippen molar-refractivity contribution in [3.05, 3.63) is 29.8 Å². The average Bonchev–Trinajstić information content (AvgIpc) is 2.44. The molecule has 1 aliphatic rings. The minimum absolute atomic E-state index is 0.0742. The summed E-state index contributed by atoms with van der Waals surface area (Å²) in [6, 6.07) is 6.88. The zero-order valence-corrected chi connectivity index (χ0v) is 12.6. The third kappa shape index (κ3) is 3.92. The van der Waals surface area contributed by atoms with Crippen molar-refractivity contribution in [1.82, 2.24) is 4.90 Å². The van der Waals surface area contributed by atoms with E-state index < -0.39 is 6.61 Å². The lowest BCUT2D eigenvalue weighted by Crippen LogP contribution is -2.43. The van der Waals surface area contributed by atoms with Gasteiger partial charge in [-0.25, -0.2) is 0 Å². The van der Waals surface area contributed by atoms with Gasteiger partial charge in [0.1, 0.15) is 5.75 Å². The molecule has 2 rings (SSSR count). The fraction of sp³-hybridized carbons (Fsp3) is 0.625. The van der Waals surface area contributed by atoms with Crippen LogP contribution in [0, 0.1) is 11.8 Å². The molecule has 0 amide bonds. The number of benzene rings is 1. The van der Waals surface area contributed by atoms with E-state index in [4.69, 9.17) is 5.73 Å². The van der Waals surface area contributed by atoms with Crippen molar-refractivity contribution in [2.75, 3.05) is 19.6 Å². The van der Waals surface area contributed by atoms with E-state index in [2.05, 4.69) is 23.5 Å². The van der Waals surface area contributed by atoms with E-state index in [1.807, 2.05) is 12.1 Å². The SMILES string of the molecule is CC1CCN(C(CN)c2ccccc2OC(F)F)CC1C. The van der Waals surface area contributed by atoms with Gasteiger partial charge in [0.2, 0.25) is 0 Å². The van der Waals surface area contributed by atoms with Crippen molar-refractivity contribution in [1.29, 1.82) is 0 Å². The number of piperidine rings is 1. The maximum Gasteiger partial charge on any atom is 0.387 e. The summed E-state index contributed by atoms with van der Waals surface area (Å²) in [6.07, 6.45) is 1.11. The molecule has 118 valence electrons. The summed E-state index contributed by atoms with van der Waals surface area (Å²) in [5.41, 5.74) is 6.68. The number of nitrogens with zero attached hydrogens (tertiary/aromatic N) is 1. The molecule has 1 saturated heterocycles. The lowest BCUT2D eigenvalue weighted by molar-refractivity contribution is -0.0514. The number of para-hydroxylation sites is 1. The van der Waals surface area contributed by atoms with Gasteiger partial charge in [-0.05, 0) is 30.9 Å². The largest absolute Gasteiger partial charge is 0.434 e. The Labute approximate surface area is 125 Å². The first-order chi connectivity index (χ1) is 10.0. The number of likely N-dealkylation sites (tertiary alicyclic amines) is 1. The number of ether oxygens (including phenoxy) is 1. The van der Waals surface area contributed by atoms with Crippen LogP contribution in [0.5, 0.6) is 5.75 Å². The summed E-state index contributed by atoms with van der Waals surface area (Å²) in [4.78, 5) is 2.29. The summed E-state index contributed by atoms with van der Waals surface area (Å²) in [5.74, 6) is 1.50. The highest BCUT2D eigenvalue weighted by Crippen LogP contribution is 2.33. The highest BCUT2D eigenvalue weighted by atomic mass is 19.3. The molecular formula is C16H24F2N2O. The van der Waals surface area contributed by atoms with E-state index in [1.54, 1.807) is 12.1 Å². The summed E-state index contributed by atoms with van der Waals surface area (Å²) in [5, 5.41) is 0. The molecule has 0 spiro atoms. The summed E-state index contributed by atoms with van der Waals surface area (Å²) < 4.78 is 29.8. The molecule has 5 heteroatoms. The number of hydrogen-bond donors (Lipinski definition) is 1. The summed E-state index contributed by atoms with van der Waals surface area (Å²) in [7, 11) is 0. The molecule has 1 heterocycles. The Kier molecular flexibility index (Phi) is 5.53. The van der Waals surface area contributed by atoms with Gasteiger partial charge in [0.05, 0.1) is 6.04 Å². The van der Waals surface area contributed by atoms with Crippen LogP contribution < -0.4 is 10.5 Å². The summed E-state index contributed by atoms with van der Waals surface area (Å²) in [6.45, 7) is 3.94. The first-order valence-electron chi connectivity index (χ1n) is 7.50. The van der Waals surface area contributed by atoms with E-state index in [0.29, 0.717) is 18.4 Å². The Morgan fingerprint density at radius 2 is 2.00 bits per heavy atom. The maximum absolute atomic E-state index is 12.6. The first kappa shape index (κ1) is 16.2. The third-order valence-corrected chi connectivity index (χ3v) is 4.52. The molecule has 1 aromatic rings. The molecule has 0 bridgehead atoms. The quantitative estimate of drug-likeness (QED) is 0.906. The van der Waals surface area contributed by atoms with Crippen LogP contribution in [0.4, 0.5) is 8.78 Å². The van der Waals surface area contributed by atoms with Crippen LogP contribution >= 0.6 is 0 Å². The molecule has 0 aromatic heterocycles. The van der Waals surface area contributed by atoms with Gasteiger partial charge in [0.25, 0.3) is 0 Å². The van der Waals surface area contributed by atoms with Crippen molar-refractivity contribution < 1.29 is 13.5 Å². The average molecular weight is 298 g/mol. The van der Waals surface area contributed by atoms with E-state index in [9.17, 15) is 8.78 Å². The van der Waals surface area contributed by atoms with E-state index >= 15 is 0 Å². The standard InChI is InChI=1S/C16H24F2N2O/c1-11-7-8-20(10-12(11)2)14(9-19)13-5-3-4-6-15(13)21-16(17)18/h3-6,11-12,14,16H,7-10,19H2,1-2H3. The molecule has 0 radical (unpaired) electrons. The molecule has 2 N–H and O–H groups in total. The van der Waals surface area contributed by atoms with Crippen LogP contribution in [0.3, 0.4) is 0 Å². The summed E-state index contributed by atoms with van der Waals surface area (Å²) >= 11 is 0. The molecule has 1 aromatic carbocycles. The van der Waals surface area contributed by atoms with Gasteiger partial charge < -0.3 is 10.5 Å². The van der Waals surface area contributed by atoms with Gasteiger partial charge in [0, 0.05) is 18.7 Å². The van der Waals surface area contributed by atoms with Gasteiger partial charge in [-0.1, -0.05) is 32.0 Å². The molecule has 0 saturated carbocycles. The highest BCUT2D eigenvalue weighted by molar-refractivity contribution is 5.36. The Balaban J connectivity index is 2.21. The predicted molar refractivity (Wildman–Crippen MR) is 79.4 cm³/mol. The Morgan fingerprint density at radius 1 is 1.29 bits per heavy atom. The van der Waals surface area contributed by atoms with Gasteiger partial charge in [0.15, 0.2) is 0 Å². The van der Waals surface area contributed by atoms with Gasteiger partial charge in [-0.2, -0.15) is 8.78 Å². The predicted octanol–water partition coefficient (Wildman–Crippen LogP) is 3.27. The van der Waals surface area contributed by atoms with Crippen molar-refractivity contribution in [2.24, 2.45) is 17.6 Å². The molecule has 3 atom stereocenters. The van der Waals surface area contributed by atoms with Crippen LogP contribution in [0.2, 0.25) is 0 Å². The number of halogens is 2. The molecule has 21 heavy (non-hydrogen) atoms. The van der Waals surface area contributed by atoms with E-state index in [0.717, 1.165) is 25.1 Å². The molecule has 3 unspecified atom stereocenters. The molecular weight excluding hydrogens is 274 g/mol. The van der Waals surface area contributed by atoms with Gasteiger partial charge in [-0.3, -0.25) is 4.90 Å². The minimum atomic E-state index is -2.81. The number of nitrogens with two attached hydrogens (primary N) is 1. The van der Waals surface area contributed by atoms with Crippen LogP contribution in [0.15, 0.2) is 24.3 Å². The zero-order valence-electron chi connectivity index (χ0n) is 12.6. The molecule has 3 nitrogen and oxygen atoms in total. The topological polar surface area (TPSA) is 38.5 Å². The van der Waals surface area contributed by atoms with Gasteiger partial charge >= 0.3 is 6.61 Å². The van der Waals surface area contributed by atoms with Crippen molar-refractivity contribution >= 4 is 0 Å². The van der Waals surface area contributed by atoms with Gasteiger partial charge in [-0.15, -0.1) is 0 Å². The lowest BCUT2D eigenvalue weighted by Gasteiger charge is -2.40. The molecule has 1 fully saturated rings. The van der Waals surface area contributed by atoms with Crippen LogP contribution in [0.25, 0.3) is 0 Å². The van der Waals surface area contributed by atoms with Crippen molar-refractivity contribution in [2.45, 2.75) is 32.9 Å².